The van der Waals surface area contributed by atoms with Gasteiger partial charge in [-0.1, -0.05) is 50.6 Å². The van der Waals surface area contributed by atoms with Gasteiger partial charge >= 0.3 is 0 Å². The number of carbonyl (C=O) groups is 4. The van der Waals surface area contributed by atoms with Crippen LogP contribution in [0.5, 0.6) is 0 Å². The first kappa shape index (κ1) is 31.6. The molecule has 1 aromatic carbocycles. The first-order valence-electron chi connectivity index (χ1n) is 16.0. The van der Waals surface area contributed by atoms with Crippen molar-refractivity contribution in [3.05, 3.63) is 71.3 Å². The van der Waals surface area contributed by atoms with Gasteiger partial charge in [0.2, 0.25) is 17.7 Å². The molecule has 11 nitrogen and oxygen atoms in total. The van der Waals surface area contributed by atoms with Gasteiger partial charge in [0, 0.05) is 61.0 Å². The minimum atomic E-state index is -0.895. The molecule has 0 unspecified atom stereocenters. The Morgan fingerprint density at radius 2 is 1.89 bits per heavy atom. The number of aromatic amines is 1. The molecule has 5 atom stereocenters. The minimum absolute atomic E-state index is 0.0813. The maximum Gasteiger partial charge on any atom is 0.271 e. The summed E-state index contributed by atoms with van der Waals surface area (Å²) in [7, 11) is 0. The molecule has 12 heteroatoms. The van der Waals surface area contributed by atoms with E-state index in [1.807, 2.05) is 37.4 Å². The standard InChI is InChI=1S/C34H40ClN7O4/c1-19(2)25-10-8-20(3)12-31(43)39-27(13-21-15-36-26-7-5-4-6-24(21)26)34(46)42-17-23(14-29(42)33(45)40-25)37-32(44)28-18-41-16-22(35)9-11-30(41)38-28/h4-7,9,11,15-16,18-20,23,25,27,29,36H,8,10,12-14,17H2,1-3H3,(H,37,44)(H,39,43)(H,40,45)/t20-,23-,25+,27-,29+/m1/s1. The molecule has 2 fully saturated rings. The van der Waals surface area contributed by atoms with Crippen LogP contribution in [0.4, 0.5) is 0 Å². The summed E-state index contributed by atoms with van der Waals surface area (Å²) in [4.78, 5) is 64.2. The molecule has 46 heavy (non-hydrogen) atoms. The van der Waals surface area contributed by atoms with Crippen LogP contribution in [0, 0.1) is 11.8 Å². The topological polar surface area (TPSA) is 141 Å². The van der Waals surface area contributed by atoms with Crippen LogP contribution in [0.15, 0.2) is 55.0 Å². The second-order valence-corrected chi connectivity index (χ2v) is 13.5. The molecule has 0 bridgehead atoms. The molecule has 0 aliphatic carbocycles. The number of nitrogens with zero attached hydrogens (tertiary/aromatic N) is 3. The number of halogens is 1. The molecule has 4 aromatic rings. The summed E-state index contributed by atoms with van der Waals surface area (Å²) in [5, 5.41) is 10.7. The first-order chi connectivity index (χ1) is 22.0. The van der Waals surface area contributed by atoms with Crippen LogP contribution in [0.2, 0.25) is 5.02 Å². The normalized spacial score (nSPS) is 24.7. The van der Waals surface area contributed by atoms with Crippen LogP contribution >= 0.6 is 11.6 Å². The number of imidazole rings is 1. The lowest BCUT2D eigenvalue weighted by atomic mass is 9.92. The van der Waals surface area contributed by atoms with Crippen molar-refractivity contribution in [3.63, 3.8) is 0 Å². The number of benzene rings is 1. The van der Waals surface area contributed by atoms with Crippen LogP contribution in [0.1, 0.15) is 62.5 Å². The fourth-order valence-corrected chi connectivity index (χ4v) is 6.84. The minimum Gasteiger partial charge on any atom is -0.361 e. The Kier molecular flexibility index (Phi) is 9.04. The van der Waals surface area contributed by atoms with Gasteiger partial charge in [0.1, 0.15) is 23.4 Å². The maximum atomic E-state index is 14.4. The highest BCUT2D eigenvalue weighted by Crippen LogP contribution is 2.26. The average molecular weight is 646 g/mol. The van der Waals surface area contributed by atoms with E-state index in [0.29, 0.717) is 10.7 Å². The zero-order chi connectivity index (χ0) is 32.5. The molecule has 0 radical (unpaired) electrons. The van der Waals surface area contributed by atoms with E-state index in [0.717, 1.165) is 29.3 Å². The zero-order valence-electron chi connectivity index (χ0n) is 26.3. The molecular weight excluding hydrogens is 606 g/mol. The van der Waals surface area contributed by atoms with E-state index in [-0.39, 0.29) is 67.1 Å². The second kappa shape index (κ2) is 13.2. The zero-order valence-corrected chi connectivity index (χ0v) is 27.0. The SMILES string of the molecule is CC(C)[C@@H]1CC[C@@H](C)CC(=O)N[C@H](Cc2c[nH]c3ccccc23)C(=O)N2C[C@H](NC(=O)c3cn4cc(Cl)ccc4n3)C[C@H]2C(=O)N1. The summed E-state index contributed by atoms with van der Waals surface area (Å²) in [6, 6.07) is 8.89. The molecule has 4 N–H and O–H groups in total. The van der Waals surface area contributed by atoms with Crippen molar-refractivity contribution in [1.82, 2.24) is 35.2 Å². The Bertz CT molecular complexity index is 1780. The number of pyridine rings is 1. The van der Waals surface area contributed by atoms with Gasteiger partial charge in [-0.05, 0) is 54.9 Å². The quantitative estimate of drug-likeness (QED) is 0.261. The van der Waals surface area contributed by atoms with Gasteiger partial charge < -0.3 is 30.2 Å². The summed E-state index contributed by atoms with van der Waals surface area (Å²) in [6.07, 6.45) is 7.37. The average Bonchev–Trinajstić information content (AvgIpc) is 3.75. The molecule has 2 saturated heterocycles. The summed E-state index contributed by atoms with van der Waals surface area (Å²) in [6.45, 7) is 6.25. The van der Waals surface area contributed by atoms with E-state index in [2.05, 4.69) is 39.8 Å². The second-order valence-electron chi connectivity index (χ2n) is 13.1. The van der Waals surface area contributed by atoms with Crippen molar-refractivity contribution in [2.45, 2.75) is 77.0 Å². The summed E-state index contributed by atoms with van der Waals surface area (Å²) >= 11 is 6.10. The van der Waals surface area contributed by atoms with Crippen molar-refractivity contribution in [2.75, 3.05) is 6.54 Å². The maximum absolute atomic E-state index is 14.4. The number of H-pyrrole nitrogens is 1. The van der Waals surface area contributed by atoms with Crippen LogP contribution < -0.4 is 16.0 Å². The van der Waals surface area contributed by atoms with Crippen molar-refractivity contribution in [3.8, 4) is 0 Å². The lowest BCUT2D eigenvalue weighted by Crippen LogP contribution is -2.55. The molecule has 0 spiro atoms. The molecule has 242 valence electrons. The van der Waals surface area contributed by atoms with Gasteiger partial charge in [-0.15, -0.1) is 0 Å². The monoisotopic (exact) mass is 645 g/mol. The smallest absolute Gasteiger partial charge is 0.271 e. The highest BCUT2D eigenvalue weighted by atomic mass is 35.5. The first-order valence-corrected chi connectivity index (χ1v) is 16.3. The lowest BCUT2D eigenvalue weighted by Gasteiger charge is -2.30. The summed E-state index contributed by atoms with van der Waals surface area (Å²) in [5.74, 6) is -0.975. The molecule has 0 saturated carbocycles. The van der Waals surface area contributed by atoms with Crippen molar-refractivity contribution < 1.29 is 19.2 Å². The van der Waals surface area contributed by atoms with Crippen molar-refractivity contribution in [2.24, 2.45) is 11.8 Å². The fraction of sp³-hybridized carbons (Fsp3) is 0.441. The lowest BCUT2D eigenvalue weighted by molar-refractivity contribution is -0.141. The van der Waals surface area contributed by atoms with Crippen LogP contribution in [0.25, 0.3) is 16.6 Å². The van der Waals surface area contributed by atoms with Crippen LogP contribution in [-0.4, -0.2) is 73.6 Å². The number of hydrogen-bond donors (Lipinski definition) is 4. The molecule has 2 aliphatic heterocycles. The van der Waals surface area contributed by atoms with Crippen LogP contribution in [-0.2, 0) is 20.8 Å². The Morgan fingerprint density at radius 1 is 1.09 bits per heavy atom. The number of carbonyl (C=O) groups excluding carboxylic acids is 4. The summed E-state index contributed by atoms with van der Waals surface area (Å²) < 4.78 is 1.67. The third-order valence-electron chi connectivity index (χ3n) is 9.24. The van der Waals surface area contributed by atoms with Gasteiger partial charge in [-0.25, -0.2) is 4.98 Å². The van der Waals surface area contributed by atoms with Gasteiger partial charge in [0.15, 0.2) is 0 Å². The van der Waals surface area contributed by atoms with E-state index in [9.17, 15) is 19.2 Å². The molecular formula is C34H40ClN7O4. The third kappa shape index (κ3) is 6.74. The molecule has 6 rings (SSSR count). The number of para-hydroxylation sites is 1. The van der Waals surface area contributed by atoms with Crippen molar-refractivity contribution >= 4 is 51.8 Å². The fourth-order valence-electron chi connectivity index (χ4n) is 6.67. The predicted octanol–water partition coefficient (Wildman–Crippen LogP) is 3.86. The number of aromatic nitrogens is 3. The van der Waals surface area contributed by atoms with E-state index in [1.54, 1.807) is 28.9 Å². The van der Waals surface area contributed by atoms with E-state index < -0.39 is 24.0 Å². The Balaban J connectivity index is 1.29. The van der Waals surface area contributed by atoms with E-state index in [4.69, 9.17) is 11.6 Å². The number of hydrogen-bond acceptors (Lipinski definition) is 5. The summed E-state index contributed by atoms with van der Waals surface area (Å²) in [5.41, 5.74) is 2.60. The largest absolute Gasteiger partial charge is 0.361 e. The van der Waals surface area contributed by atoms with Gasteiger partial charge in [0.05, 0.1) is 5.02 Å². The predicted molar refractivity (Wildman–Crippen MR) is 175 cm³/mol. The van der Waals surface area contributed by atoms with Gasteiger partial charge in [0.25, 0.3) is 5.91 Å². The Labute approximate surface area is 272 Å². The molecule has 5 heterocycles. The number of fused-ring (bicyclic) bond motifs is 3. The Hall–Kier alpha value is -4.38. The number of nitrogens with one attached hydrogen (secondary N) is 4. The number of amides is 4. The third-order valence-corrected chi connectivity index (χ3v) is 9.46. The van der Waals surface area contributed by atoms with Crippen molar-refractivity contribution in [1.29, 1.82) is 0 Å². The highest BCUT2D eigenvalue weighted by Gasteiger charge is 2.43. The van der Waals surface area contributed by atoms with Crippen LogP contribution in [0.3, 0.4) is 0 Å². The molecule has 3 aromatic heterocycles. The number of rotatable bonds is 5. The Morgan fingerprint density at radius 3 is 2.70 bits per heavy atom. The molecule has 4 amide bonds. The molecule has 2 aliphatic rings. The van der Waals surface area contributed by atoms with E-state index in [1.165, 1.54) is 4.90 Å². The van der Waals surface area contributed by atoms with Gasteiger partial charge in [-0.3, -0.25) is 19.2 Å². The highest BCUT2D eigenvalue weighted by molar-refractivity contribution is 6.30. The van der Waals surface area contributed by atoms with Gasteiger partial charge in [-0.2, -0.15) is 0 Å². The van der Waals surface area contributed by atoms with E-state index >= 15 is 0 Å².